The second kappa shape index (κ2) is 9.30. The summed E-state index contributed by atoms with van der Waals surface area (Å²) < 4.78 is 5.38. The molecule has 32 heavy (non-hydrogen) atoms. The SMILES string of the molecule is N#Cc1ccc(-c2ccc(Cc3cc([C@@]4(O)[C@H](O)[C@@H](O)CO[C@@H]4CO)ccc3Cl)s2)cc1. The first-order chi connectivity index (χ1) is 15.4. The molecule has 1 aliphatic rings. The molecule has 0 spiro atoms. The van der Waals surface area contributed by atoms with Crippen LogP contribution >= 0.6 is 22.9 Å². The quantitative estimate of drug-likeness (QED) is 0.455. The summed E-state index contributed by atoms with van der Waals surface area (Å²) in [7, 11) is 0. The minimum Gasteiger partial charge on any atom is -0.394 e. The lowest BCUT2D eigenvalue weighted by Gasteiger charge is -2.45. The van der Waals surface area contributed by atoms with E-state index >= 15 is 0 Å². The zero-order valence-electron chi connectivity index (χ0n) is 17.0. The lowest BCUT2D eigenvalue weighted by molar-refractivity contribution is -0.255. The van der Waals surface area contributed by atoms with Gasteiger partial charge in [0.15, 0.2) is 0 Å². The molecule has 0 radical (unpaired) electrons. The van der Waals surface area contributed by atoms with Crippen LogP contribution in [0.5, 0.6) is 0 Å². The Morgan fingerprint density at radius 1 is 1.12 bits per heavy atom. The van der Waals surface area contributed by atoms with Crippen molar-refractivity contribution in [2.75, 3.05) is 13.2 Å². The van der Waals surface area contributed by atoms with E-state index in [-0.39, 0.29) is 6.61 Å². The number of hydrogen-bond acceptors (Lipinski definition) is 7. The second-order valence-corrected chi connectivity index (χ2v) is 9.36. The largest absolute Gasteiger partial charge is 0.394 e. The van der Waals surface area contributed by atoms with Gasteiger partial charge in [-0.05, 0) is 47.0 Å². The lowest BCUT2D eigenvalue weighted by atomic mass is 9.78. The van der Waals surface area contributed by atoms with Crippen molar-refractivity contribution in [3.8, 4) is 16.5 Å². The zero-order chi connectivity index (χ0) is 22.9. The molecule has 1 aliphatic heterocycles. The molecule has 0 aliphatic carbocycles. The Labute approximate surface area is 194 Å². The molecule has 4 N–H and O–H groups in total. The van der Waals surface area contributed by atoms with Gasteiger partial charge in [-0.1, -0.05) is 35.9 Å². The first kappa shape index (κ1) is 22.9. The number of hydrogen-bond donors (Lipinski definition) is 4. The van der Waals surface area contributed by atoms with Gasteiger partial charge in [-0.25, -0.2) is 0 Å². The van der Waals surface area contributed by atoms with Crippen LogP contribution in [-0.2, 0) is 16.8 Å². The Balaban J connectivity index is 1.62. The Kier molecular flexibility index (Phi) is 6.65. The summed E-state index contributed by atoms with van der Waals surface area (Å²) in [5, 5.41) is 51.0. The van der Waals surface area contributed by atoms with Crippen LogP contribution in [0.1, 0.15) is 21.6 Å². The van der Waals surface area contributed by atoms with Gasteiger partial charge in [0.1, 0.15) is 23.9 Å². The predicted molar refractivity (Wildman–Crippen MR) is 121 cm³/mol. The zero-order valence-corrected chi connectivity index (χ0v) is 18.6. The number of ether oxygens (including phenoxy) is 1. The summed E-state index contributed by atoms with van der Waals surface area (Å²) in [6, 6.07) is 18.3. The molecule has 1 saturated heterocycles. The highest BCUT2D eigenvalue weighted by atomic mass is 35.5. The molecule has 4 atom stereocenters. The van der Waals surface area contributed by atoms with Crippen LogP contribution in [0.3, 0.4) is 0 Å². The van der Waals surface area contributed by atoms with Gasteiger partial charge in [0.25, 0.3) is 0 Å². The van der Waals surface area contributed by atoms with Crippen molar-refractivity contribution in [3.63, 3.8) is 0 Å². The van der Waals surface area contributed by atoms with Crippen LogP contribution in [0.4, 0.5) is 0 Å². The van der Waals surface area contributed by atoms with Gasteiger partial charge in [-0.2, -0.15) is 5.26 Å². The first-order valence-corrected chi connectivity index (χ1v) is 11.3. The number of aliphatic hydroxyl groups is 4. The van der Waals surface area contributed by atoms with E-state index in [9.17, 15) is 20.4 Å². The summed E-state index contributed by atoms with van der Waals surface area (Å²) >= 11 is 8.01. The molecule has 1 aromatic heterocycles. The molecule has 2 heterocycles. The van der Waals surface area contributed by atoms with Crippen molar-refractivity contribution in [2.24, 2.45) is 0 Å². The molecule has 166 valence electrons. The lowest BCUT2D eigenvalue weighted by Crippen LogP contribution is -2.61. The summed E-state index contributed by atoms with van der Waals surface area (Å²) in [5.41, 5.74) is 0.680. The Morgan fingerprint density at radius 3 is 2.56 bits per heavy atom. The fourth-order valence-electron chi connectivity index (χ4n) is 3.95. The van der Waals surface area contributed by atoms with E-state index in [1.807, 2.05) is 24.3 Å². The molecule has 6 nitrogen and oxygen atoms in total. The van der Waals surface area contributed by atoms with Gasteiger partial charge in [0, 0.05) is 21.2 Å². The molecule has 0 saturated carbocycles. The highest BCUT2D eigenvalue weighted by Crippen LogP contribution is 2.38. The average Bonchev–Trinajstić information content (AvgIpc) is 3.27. The van der Waals surface area contributed by atoms with E-state index in [1.165, 1.54) is 0 Å². The molecule has 2 aromatic carbocycles. The van der Waals surface area contributed by atoms with Crippen molar-refractivity contribution in [1.82, 2.24) is 0 Å². The highest BCUT2D eigenvalue weighted by molar-refractivity contribution is 7.15. The van der Waals surface area contributed by atoms with E-state index in [1.54, 1.807) is 41.7 Å². The van der Waals surface area contributed by atoms with Gasteiger partial charge in [-0.15, -0.1) is 11.3 Å². The maximum absolute atomic E-state index is 11.3. The van der Waals surface area contributed by atoms with Crippen LogP contribution in [0.15, 0.2) is 54.6 Å². The van der Waals surface area contributed by atoms with Crippen molar-refractivity contribution < 1.29 is 25.2 Å². The minimum atomic E-state index is -1.98. The smallest absolute Gasteiger partial charge is 0.146 e. The number of rotatable bonds is 5. The minimum absolute atomic E-state index is 0.178. The molecule has 0 bridgehead atoms. The second-order valence-electron chi connectivity index (χ2n) is 7.78. The third-order valence-corrected chi connectivity index (χ3v) is 7.28. The number of aliphatic hydroxyl groups excluding tert-OH is 3. The molecular weight excluding hydrogens is 450 g/mol. The van der Waals surface area contributed by atoms with Gasteiger partial charge in [-0.3, -0.25) is 0 Å². The molecule has 4 rings (SSSR count). The van der Waals surface area contributed by atoms with Crippen molar-refractivity contribution >= 4 is 22.9 Å². The van der Waals surface area contributed by atoms with Crippen molar-refractivity contribution in [3.05, 3.63) is 81.2 Å². The topological polar surface area (TPSA) is 114 Å². The van der Waals surface area contributed by atoms with Gasteiger partial charge in [0.05, 0.1) is 24.8 Å². The van der Waals surface area contributed by atoms with Crippen LogP contribution in [0.2, 0.25) is 5.02 Å². The number of nitrogens with zero attached hydrogens (tertiary/aromatic N) is 1. The third kappa shape index (κ3) is 4.19. The van der Waals surface area contributed by atoms with E-state index < -0.39 is 30.5 Å². The van der Waals surface area contributed by atoms with E-state index in [0.717, 1.165) is 20.9 Å². The maximum atomic E-state index is 11.3. The molecular formula is C24H22ClNO5S. The van der Waals surface area contributed by atoms with Crippen LogP contribution in [0.25, 0.3) is 10.4 Å². The normalized spacial score (nSPS) is 25.4. The Bertz CT molecular complexity index is 1140. The van der Waals surface area contributed by atoms with Crippen LogP contribution in [0, 0.1) is 11.3 Å². The molecule has 8 heteroatoms. The van der Waals surface area contributed by atoms with E-state index in [0.29, 0.717) is 22.6 Å². The summed E-state index contributed by atoms with van der Waals surface area (Å²) in [6.45, 7) is -0.695. The standard InChI is InChI=1S/C24H22ClNO5S/c25-19-7-5-17(24(30)22(12-27)31-13-20(28)23(24)29)9-16(19)10-18-6-8-21(32-18)15-3-1-14(11-26)2-4-15/h1-9,20,22-23,27-30H,10,12-13H2/t20-,22+,23+,24-/m0/s1. The number of halogens is 1. The fourth-order valence-corrected chi connectivity index (χ4v) is 5.17. The highest BCUT2D eigenvalue weighted by Gasteiger charge is 2.52. The van der Waals surface area contributed by atoms with Gasteiger partial charge >= 0.3 is 0 Å². The molecule has 3 aromatic rings. The Morgan fingerprint density at radius 2 is 1.88 bits per heavy atom. The predicted octanol–water partition coefficient (Wildman–Crippen LogP) is 2.83. The average molecular weight is 472 g/mol. The van der Waals surface area contributed by atoms with Crippen molar-refractivity contribution in [2.45, 2.75) is 30.3 Å². The molecule has 1 fully saturated rings. The first-order valence-electron chi connectivity index (χ1n) is 10.1. The van der Waals surface area contributed by atoms with Gasteiger partial charge < -0.3 is 25.2 Å². The van der Waals surface area contributed by atoms with Crippen molar-refractivity contribution in [1.29, 1.82) is 5.26 Å². The van der Waals surface area contributed by atoms with E-state index in [2.05, 4.69) is 6.07 Å². The summed E-state index contributed by atoms with van der Waals surface area (Å²) in [6.07, 6.45) is -3.39. The van der Waals surface area contributed by atoms with E-state index in [4.69, 9.17) is 21.6 Å². The summed E-state index contributed by atoms with van der Waals surface area (Å²) in [4.78, 5) is 2.09. The van der Waals surface area contributed by atoms with Crippen LogP contribution in [-0.4, -0.2) is 52.0 Å². The Hall–Kier alpha value is -2.28. The fraction of sp³-hybridized carbons (Fsp3) is 0.292. The molecule has 0 amide bonds. The van der Waals surface area contributed by atoms with Gasteiger partial charge in [0.2, 0.25) is 0 Å². The summed E-state index contributed by atoms with van der Waals surface area (Å²) in [5.74, 6) is 0. The number of thiophene rings is 1. The monoisotopic (exact) mass is 471 g/mol. The molecule has 0 unspecified atom stereocenters. The number of nitriles is 1. The third-order valence-electron chi connectivity index (χ3n) is 5.77. The maximum Gasteiger partial charge on any atom is 0.146 e. The van der Waals surface area contributed by atoms with Crippen LogP contribution < -0.4 is 0 Å². The number of benzene rings is 2.